The third kappa shape index (κ3) is 8.81. The molecule has 0 spiro atoms. The van der Waals surface area contributed by atoms with Gasteiger partial charge in [0, 0.05) is 20.6 Å². The first kappa shape index (κ1) is 31.5. The van der Waals surface area contributed by atoms with Gasteiger partial charge in [0.2, 0.25) is 5.91 Å². The zero-order valence-corrected chi connectivity index (χ0v) is 26.8. The van der Waals surface area contributed by atoms with Crippen LogP contribution in [0.3, 0.4) is 0 Å². The molecule has 0 aliphatic carbocycles. The van der Waals surface area contributed by atoms with Crippen molar-refractivity contribution in [3.8, 4) is 11.1 Å². The van der Waals surface area contributed by atoms with Crippen LogP contribution in [0.5, 0.6) is 0 Å². The number of benzene rings is 5. The Labute approximate surface area is 275 Å². The van der Waals surface area contributed by atoms with Crippen LogP contribution >= 0.6 is 27.7 Å². The first-order valence-corrected chi connectivity index (χ1v) is 15.9. The van der Waals surface area contributed by atoms with Crippen LogP contribution in [0.25, 0.3) is 17.2 Å². The van der Waals surface area contributed by atoms with Crippen LogP contribution in [0.15, 0.2) is 149 Å². The fourth-order valence-corrected chi connectivity index (χ4v) is 5.72. The Bertz CT molecular complexity index is 1830. The molecular formula is C37H30BrN3O3S. The molecule has 3 N–H and O–H groups in total. The first-order chi connectivity index (χ1) is 21.9. The maximum absolute atomic E-state index is 13.6. The maximum atomic E-state index is 13.6. The number of hydrogen-bond donors (Lipinski definition) is 3. The number of carbonyl (C=O) groups is 3. The highest BCUT2D eigenvalue weighted by Gasteiger charge is 2.18. The summed E-state index contributed by atoms with van der Waals surface area (Å²) >= 11 is 4.83. The summed E-state index contributed by atoms with van der Waals surface area (Å²) in [6, 6.07) is 41.2. The van der Waals surface area contributed by atoms with Gasteiger partial charge in [-0.3, -0.25) is 14.4 Å². The van der Waals surface area contributed by atoms with Crippen molar-refractivity contribution in [3.63, 3.8) is 0 Å². The standard InChI is InChI=1S/C37H30BrN3O3S/c1-25(35(42)40-33-18-9-8-17-32(33)38)45-31-16-10-15-30(24-31)39-37(44)34(41-36(43)29-13-6-3-7-14-29)23-26-19-21-28(22-20-26)27-11-4-2-5-12-27/h2-25H,1H3,(H,39,44)(H,40,42)(H,41,43)/b34-23+. The van der Waals surface area contributed by atoms with Crippen molar-refractivity contribution < 1.29 is 14.4 Å². The van der Waals surface area contributed by atoms with E-state index >= 15 is 0 Å². The van der Waals surface area contributed by atoms with Gasteiger partial charge in [-0.05, 0) is 88.1 Å². The Morgan fingerprint density at radius 2 is 1.36 bits per heavy atom. The maximum Gasteiger partial charge on any atom is 0.272 e. The summed E-state index contributed by atoms with van der Waals surface area (Å²) in [5.74, 6) is -1.02. The van der Waals surface area contributed by atoms with Crippen molar-refractivity contribution in [1.29, 1.82) is 0 Å². The molecule has 8 heteroatoms. The van der Waals surface area contributed by atoms with Crippen LogP contribution in [-0.2, 0) is 9.59 Å². The second-order valence-corrected chi connectivity index (χ2v) is 12.3. The molecule has 1 atom stereocenters. The van der Waals surface area contributed by atoms with Crippen LogP contribution in [-0.4, -0.2) is 23.0 Å². The molecule has 6 nitrogen and oxygen atoms in total. The second-order valence-electron chi connectivity index (χ2n) is 10.1. The lowest BCUT2D eigenvalue weighted by Gasteiger charge is -2.14. The van der Waals surface area contributed by atoms with Crippen molar-refractivity contribution >= 4 is 62.9 Å². The number of carbonyl (C=O) groups excluding carboxylic acids is 3. The summed E-state index contributed by atoms with van der Waals surface area (Å²) in [5, 5.41) is 8.23. The lowest BCUT2D eigenvalue weighted by atomic mass is 10.0. The Hall–Kier alpha value is -4.92. The van der Waals surface area contributed by atoms with Crippen molar-refractivity contribution in [2.24, 2.45) is 0 Å². The molecule has 0 saturated carbocycles. The number of hydrogen-bond acceptors (Lipinski definition) is 4. The summed E-state index contributed by atoms with van der Waals surface area (Å²) in [7, 11) is 0. The molecule has 1 unspecified atom stereocenters. The molecule has 0 saturated heterocycles. The average Bonchev–Trinajstić information content (AvgIpc) is 3.06. The minimum Gasteiger partial charge on any atom is -0.324 e. The molecule has 5 rings (SSSR count). The van der Waals surface area contributed by atoms with Gasteiger partial charge in [-0.1, -0.05) is 91.0 Å². The second kappa shape index (κ2) is 15.2. The van der Waals surface area contributed by atoms with Crippen LogP contribution < -0.4 is 16.0 Å². The highest BCUT2D eigenvalue weighted by molar-refractivity contribution is 9.10. The van der Waals surface area contributed by atoms with Gasteiger partial charge in [0.25, 0.3) is 11.8 Å². The summed E-state index contributed by atoms with van der Waals surface area (Å²) in [4.78, 5) is 40.3. The van der Waals surface area contributed by atoms with Gasteiger partial charge >= 0.3 is 0 Å². The van der Waals surface area contributed by atoms with Crippen molar-refractivity contribution in [1.82, 2.24) is 5.32 Å². The molecule has 5 aromatic carbocycles. The van der Waals surface area contributed by atoms with Crippen molar-refractivity contribution in [3.05, 3.63) is 155 Å². The number of rotatable bonds is 10. The molecule has 0 aliphatic rings. The van der Waals surface area contributed by atoms with Crippen LogP contribution in [0.4, 0.5) is 11.4 Å². The largest absolute Gasteiger partial charge is 0.324 e. The molecule has 5 aromatic rings. The average molecular weight is 677 g/mol. The van der Waals surface area contributed by atoms with Crippen LogP contribution in [0.2, 0.25) is 0 Å². The van der Waals surface area contributed by atoms with E-state index in [9.17, 15) is 14.4 Å². The summed E-state index contributed by atoms with van der Waals surface area (Å²) in [5.41, 5.74) is 4.63. The monoisotopic (exact) mass is 675 g/mol. The predicted molar refractivity (Wildman–Crippen MR) is 187 cm³/mol. The Morgan fingerprint density at radius 3 is 2.07 bits per heavy atom. The van der Waals surface area contributed by atoms with Gasteiger partial charge in [-0.25, -0.2) is 0 Å². The first-order valence-electron chi connectivity index (χ1n) is 14.2. The van der Waals surface area contributed by atoms with Gasteiger partial charge in [-0.2, -0.15) is 0 Å². The van der Waals surface area contributed by atoms with E-state index in [-0.39, 0.29) is 11.6 Å². The normalized spacial score (nSPS) is 11.7. The molecule has 0 fully saturated rings. The zero-order chi connectivity index (χ0) is 31.6. The number of thioether (sulfide) groups is 1. The lowest BCUT2D eigenvalue weighted by molar-refractivity contribution is -0.115. The highest BCUT2D eigenvalue weighted by Crippen LogP contribution is 2.28. The minimum absolute atomic E-state index is 0.0931. The fourth-order valence-electron chi connectivity index (χ4n) is 4.41. The van der Waals surface area contributed by atoms with Crippen molar-refractivity contribution in [2.45, 2.75) is 17.1 Å². The quantitative estimate of drug-likeness (QED) is 0.102. The van der Waals surface area contributed by atoms with Crippen molar-refractivity contribution in [2.75, 3.05) is 10.6 Å². The number of amides is 3. The van der Waals surface area contributed by atoms with E-state index in [4.69, 9.17) is 0 Å². The molecular weight excluding hydrogens is 646 g/mol. The van der Waals surface area contributed by atoms with Gasteiger partial charge in [0.15, 0.2) is 0 Å². The lowest BCUT2D eigenvalue weighted by Crippen LogP contribution is -2.30. The molecule has 3 amide bonds. The van der Waals surface area contributed by atoms with Gasteiger partial charge < -0.3 is 16.0 Å². The molecule has 0 heterocycles. The molecule has 224 valence electrons. The number of nitrogens with one attached hydrogen (secondary N) is 3. The van der Waals surface area contributed by atoms with Gasteiger partial charge in [0.05, 0.1) is 10.9 Å². The van der Waals surface area contributed by atoms with E-state index < -0.39 is 17.1 Å². The Kier molecular flexibility index (Phi) is 10.6. The Morgan fingerprint density at radius 1 is 0.711 bits per heavy atom. The van der Waals surface area contributed by atoms with E-state index in [2.05, 4.69) is 31.9 Å². The van der Waals surface area contributed by atoms with E-state index in [1.54, 1.807) is 42.5 Å². The predicted octanol–water partition coefficient (Wildman–Crippen LogP) is 8.65. The zero-order valence-electron chi connectivity index (χ0n) is 24.4. The number of para-hydroxylation sites is 1. The van der Waals surface area contributed by atoms with Crippen LogP contribution in [0, 0.1) is 0 Å². The summed E-state index contributed by atoms with van der Waals surface area (Å²) in [6.07, 6.45) is 1.65. The molecule has 0 radical (unpaired) electrons. The Balaban J connectivity index is 1.32. The fraction of sp³-hybridized carbons (Fsp3) is 0.0541. The number of halogens is 1. The molecule has 0 bridgehead atoms. The molecule has 45 heavy (non-hydrogen) atoms. The third-order valence-corrected chi connectivity index (χ3v) is 8.55. The van der Waals surface area contributed by atoms with Gasteiger partial charge in [-0.15, -0.1) is 11.8 Å². The summed E-state index contributed by atoms with van der Waals surface area (Å²) in [6.45, 7) is 1.82. The summed E-state index contributed by atoms with van der Waals surface area (Å²) < 4.78 is 0.801. The molecule has 0 aromatic heterocycles. The minimum atomic E-state index is -0.478. The third-order valence-electron chi connectivity index (χ3n) is 6.76. The molecule has 0 aliphatic heterocycles. The van der Waals surface area contributed by atoms with E-state index in [0.717, 1.165) is 26.1 Å². The van der Waals surface area contributed by atoms with E-state index in [1.165, 1.54) is 11.8 Å². The van der Waals surface area contributed by atoms with Crippen LogP contribution in [0.1, 0.15) is 22.8 Å². The van der Waals surface area contributed by atoms with Gasteiger partial charge in [0.1, 0.15) is 5.70 Å². The van der Waals surface area contributed by atoms with E-state index in [1.807, 2.05) is 104 Å². The smallest absolute Gasteiger partial charge is 0.272 e. The number of anilines is 2. The highest BCUT2D eigenvalue weighted by atomic mass is 79.9. The SMILES string of the molecule is CC(Sc1cccc(NC(=O)/C(=C\c2ccc(-c3ccccc3)cc2)NC(=O)c2ccccc2)c1)C(=O)Nc1ccccc1Br. The topological polar surface area (TPSA) is 87.3 Å². The van der Waals surface area contributed by atoms with E-state index in [0.29, 0.717) is 16.9 Å².